The molecule has 4 nitrogen and oxygen atoms in total. The lowest BCUT2D eigenvalue weighted by Gasteiger charge is -2.10. The van der Waals surface area contributed by atoms with Gasteiger partial charge in [-0.2, -0.15) is 0 Å². The highest BCUT2D eigenvalue weighted by Gasteiger charge is 2.11. The SMILES string of the molecule is Cc1ccc(C(=O)NNC(=O)c2cccc(I)c2)c(C)c1. The fourth-order valence-corrected chi connectivity index (χ4v) is 2.49. The van der Waals surface area contributed by atoms with Crippen LogP contribution >= 0.6 is 22.6 Å². The third-order valence-corrected chi connectivity index (χ3v) is 3.67. The minimum Gasteiger partial charge on any atom is -0.267 e. The number of nitrogens with one attached hydrogen (secondary N) is 2. The summed E-state index contributed by atoms with van der Waals surface area (Å²) in [5, 5.41) is 0. The standard InChI is InChI=1S/C16H15IN2O2/c1-10-6-7-14(11(2)8-10)16(21)19-18-15(20)12-4-3-5-13(17)9-12/h3-9H,1-2H3,(H,18,20)(H,19,21). The molecule has 0 aliphatic carbocycles. The Bertz CT molecular complexity index is 698. The van der Waals surface area contributed by atoms with Gasteiger partial charge in [0.05, 0.1) is 0 Å². The zero-order valence-corrected chi connectivity index (χ0v) is 13.9. The van der Waals surface area contributed by atoms with Crippen molar-refractivity contribution >= 4 is 34.4 Å². The predicted octanol–water partition coefficient (Wildman–Crippen LogP) is 2.98. The van der Waals surface area contributed by atoms with Crippen molar-refractivity contribution < 1.29 is 9.59 Å². The first-order chi connectivity index (χ1) is 9.97. The highest BCUT2D eigenvalue weighted by atomic mass is 127. The second-order valence-electron chi connectivity index (χ2n) is 4.74. The molecule has 5 heteroatoms. The van der Waals surface area contributed by atoms with Crippen LogP contribution in [0.2, 0.25) is 0 Å². The molecule has 21 heavy (non-hydrogen) atoms. The van der Waals surface area contributed by atoms with Crippen LogP contribution < -0.4 is 10.9 Å². The average Bonchev–Trinajstić information content (AvgIpc) is 2.44. The summed E-state index contributed by atoms with van der Waals surface area (Å²) in [4.78, 5) is 24.0. The van der Waals surface area contributed by atoms with Gasteiger partial charge in [0.2, 0.25) is 0 Å². The average molecular weight is 394 g/mol. The molecule has 108 valence electrons. The normalized spacial score (nSPS) is 10.0. The van der Waals surface area contributed by atoms with E-state index < -0.39 is 0 Å². The minimum absolute atomic E-state index is 0.327. The maximum atomic E-state index is 12.1. The van der Waals surface area contributed by atoms with Crippen molar-refractivity contribution in [2.24, 2.45) is 0 Å². The van der Waals surface area contributed by atoms with Crippen molar-refractivity contribution in [2.45, 2.75) is 13.8 Å². The zero-order chi connectivity index (χ0) is 15.4. The number of benzene rings is 2. The summed E-state index contributed by atoms with van der Waals surface area (Å²) in [6, 6.07) is 12.7. The Morgan fingerprint density at radius 1 is 0.952 bits per heavy atom. The molecule has 0 atom stereocenters. The molecule has 2 amide bonds. The Hall–Kier alpha value is -1.89. The third kappa shape index (κ3) is 4.04. The number of amides is 2. The van der Waals surface area contributed by atoms with Gasteiger partial charge in [-0.25, -0.2) is 0 Å². The second kappa shape index (κ2) is 6.71. The lowest BCUT2D eigenvalue weighted by molar-refractivity contribution is 0.0846. The fraction of sp³-hybridized carbons (Fsp3) is 0.125. The summed E-state index contributed by atoms with van der Waals surface area (Å²) in [5.74, 6) is -0.668. The van der Waals surface area contributed by atoms with Gasteiger partial charge >= 0.3 is 0 Å². The number of carbonyl (C=O) groups is 2. The number of rotatable bonds is 2. The smallest absolute Gasteiger partial charge is 0.267 e. The number of halogens is 1. The molecule has 0 heterocycles. The van der Waals surface area contributed by atoms with Gasteiger partial charge in [-0.1, -0.05) is 23.8 Å². The quantitative estimate of drug-likeness (QED) is 0.608. The van der Waals surface area contributed by atoms with Crippen molar-refractivity contribution in [3.8, 4) is 0 Å². The summed E-state index contributed by atoms with van der Waals surface area (Å²) in [5.41, 5.74) is 7.87. The van der Waals surface area contributed by atoms with Gasteiger partial charge < -0.3 is 0 Å². The van der Waals surface area contributed by atoms with Crippen molar-refractivity contribution in [1.82, 2.24) is 10.9 Å². The Labute approximate surface area is 137 Å². The van der Waals surface area contributed by atoms with Crippen LogP contribution in [0.5, 0.6) is 0 Å². The van der Waals surface area contributed by atoms with E-state index in [1.807, 2.05) is 32.0 Å². The van der Waals surface area contributed by atoms with E-state index in [2.05, 4.69) is 33.4 Å². The van der Waals surface area contributed by atoms with Gasteiger partial charge in [-0.05, 0) is 66.3 Å². The summed E-state index contributed by atoms with van der Waals surface area (Å²) in [6.07, 6.45) is 0. The van der Waals surface area contributed by atoms with Gasteiger partial charge in [-0.15, -0.1) is 0 Å². The van der Waals surface area contributed by atoms with Gasteiger partial charge in [0.25, 0.3) is 11.8 Å². The maximum absolute atomic E-state index is 12.1. The highest BCUT2D eigenvalue weighted by Crippen LogP contribution is 2.10. The minimum atomic E-state index is -0.341. The van der Waals surface area contributed by atoms with Crippen LogP contribution in [0.3, 0.4) is 0 Å². The van der Waals surface area contributed by atoms with E-state index in [1.54, 1.807) is 24.3 Å². The van der Waals surface area contributed by atoms with Gasteiger partial charge in [-0.3, -0.25) is 20.4 Å². The highest BCUT2D eigenvalue weighted by molar-refractivity contribution is 14.1. The van der Waals surface area contributed by atoms with E-state index in [0.717, 1.165) is 14.7 Å². The van der Waals surface area contributed by atoms with Crippen molar-refractivity contribution in [3.63, 3.8) is 0 Å². The number of aryl methyl sites for hydroxylation is 2. The topological polar surface area (TPSA) is 58.2 Å². The van der Waals surface area contributed by atoms with E-state index in [-0.39, 0.29) is 11.8 Å². The van der Waals surface area contributed by atoms with Crippen LogP contribution in [0, 0.1) is 17.4 Å². The Kier molecular flexibility index (Phi) is 4.95. The summed E-state index contributed by atoms with van der Waals surface area (Å²) < 4.78 is 0.959. The van der Waals surface area contributed by atoms with Crippen LogP contribution in [0.1, 0.15) is 31.8 Å². The first-order valence-corrected chi connectivity index (χ1v) is 7.49. The van der Waals surface area contributed by atoms with Crippen molar-refractivity contribution in [3.05, 3.63) is 68.3 Å². The molecule has 0 saturated carbocycles. The largest absolute Gasteiger partial charge is 0.269 e. The number of hydrazine groups is 1. The molecule has 2 N–H and O–H groups in total. The van der Waals surface area contributed by atoms with Crippen LogP contribution in [-0.4, -0.2) is 11.8 Å². The molecular formula is C16H15IN2O2. The summed E-state index contributed by atoms with van der Waals surface area (Å²) in [6.45, 7) is 3.83. The molecule has 0 fully saturated rings. The lowest BCUT2D eigenvalue weighted by atomic mass is 10.1. The van der Waals surface area contributed by atoms with Crippen molar-refractivity contribution in [1.29, 1.82) is 0 Å². The fourth-order valence-electron chi connectivity index (χ4n) is 1.95. The van der Waals surface area contributed by atoms with Crippen LogP contribution in [0.15, 0.2) is 42.5 Å². The molecule has 0 unspecified atom stereocenters. The molecule has 0 radical (unpaired) electrons. The molecule has 0 bridgehead atoms. The Morgan fingerprint density at radius 3 is 2.33 bits per heavy atom. The summed E-state index contributed by atoms with van der Waals surface area (Å²) in [7, 11) is 0. The van der Waals surface area contributed by atoms with E-state index >= 15 is 0 Å². The van der Waals surface area contributed by atoms with E-state index in [1.165, 1.54) is 0 Å². The molecule has 0 saturated heterocycles. The number of hydrogen-bond acceptors (Lipinski definition) is 2. The second-order valence-corrected chi connectivity index (χ2v) is 5.98. The maximum Gasteiger partial charge on any atom is 0.269 e. The molecular weight excluding hydrogens is 379 g/mol. The van der Waals surface area contributed by atoms with Crippen LogP contribution in [0.25, 0.3) is 0 Å². The van der Waals surface area contributed by atoms with Gasteiger partial charge in [0.15, 0.2) is 0 Å². The summed E-state index contributed by atoms with van der Waals surface area (Å²) >= 11 is 2.13. The Morgan fingerprint density at radius 2 is 1.67 bits per heavy atom. The van der Waals surface area contributed by atoms with E-state index in [4.69, 9.17) is 0 Å². The molecule has 0 aliphatic heterocycles. The van der Waals surface area contributed by atoms with E-state index in [0.29, 0.717) is 11.1 Å². The van der Waals surface area contributed by atoms with Gasteiger partial charge in [0, 0.05) is 14.7 Å². The molecule has 2 rings (SSSR count). The molecule has 2 aromatic carbocycles. The molecule has 2 aromatic rings. The van der Waals surface area contributed by atoms with E-state index in [9.17, 15) is 9.59 Å². The molecule has 0 aromatic heterocycles. The first-order valence-electron chi connectivity index (χ1n) is 6.41. The van der Waals surface area contributed by atoms with Crippen LogP contribution in [0.4, 0.5) is 0 Å². The monoisotopic (exact) mass is 394 g/mol. The van der Waals surface area contributed by atoms with Gasteiger partial charge in [0.1, 0.15) is 0 Å². The number of carbonyl (C=O) groups excluding carboxylic acids is 2. The zero-order valence-electron chi connectivity index (χ0n) is 11.7. The third-order valence-electron chi connectivity index (χ3n) is 3.00. The molecule has 0 aliphatic rings. The Balaban J connectivity index is 2.02. The first kappa shape index (κ1) is 15.5. The van der Waals surface area contributed by atoms with Crippen molar-refractivity contribution in [2.75, 3.05) is 0 Å². The number of hydrogen-bond donors (Lipinski definition) is 2. The molecule has 0 spiro atoms. The van der Waals surface area contributed by atoms with Crippen LogP contribution in [-0.2, 0) is 0 Å². The lowest BCUT2D eigenvalue weighted by Crippen LogP contribution is -2.41. The predicted molar refractivity (Wildman–Crippen MR) is 90.0 cm³/mol.